The maximum absolute atomic E-state index is 9.21. The summed E-state index contributed by atoms with van der Waals surface area (Å²) in [4.78, 5) is 10.7. The predicted molar refractivity (Wildman–Crippen MR) is 111 cm³/mol. The Balaban J connectivity index is 0.00000288. The predicted octanol–water partition coefficient (Wildman–Crippen LogP) is 3.94. The van der Waals surface area contributed by atoms with Gasteiger partial charge in [0.1, 0.15) is 5.01 Å². The molecule has 0 spiro atoms. The molecule has 0 radical (unpaired) electrons. The van der Waals surface area contributed by atoms with Crippen LogP contribution in [-0.4, -0.2) is 23.5 Å². The first-order valence-electron chi connectivity index (χ1n) is 8.45. The van der Waals surface area contributed by atoms with Crippen molar-refractivity contribution < 1.29 is 0 Å². The van der Waals surface area contributed by atoms with E-state index in [9.17, 15) is 5.26 Å². The van der Waals surface area contributed by atoms with Crippen molar-refractivity contribution >= 4 is 41.3 Å². The summed E-state index contributed by atoms with van der Waals surface area (Å²) in [5.41, 5.74) is 1.18. The molecule has 7 heteroatoms. The molecule has 2 rings (SSSR count). The number of nitrogens with one attached hydrogen (secondary N) is 2. The Hall–Kier alpha value is -0.880. The van der Waals surface area contributed by atoms with Crippen molar-refractivity contribution in [3.05, 3.63) is 15.6 Å². The van der Waals surface area contributed by atoms with Gasteiger partial charge in [-0.15, -0.1) is 35.3 Å². The molecule has 0 aromatic carbocycles. The highest BCUT2D eigenvalue weighted by Gasteiger charge is 2.27. The number of nitrogens with zero attached hydrogens (tertiary/aromatic N) is 3. The third kappa shape index (κ3) is 5.59. The minimum Gasteiger partial charge on any atom is -0.357 e. The third-order valence-corrected chi connectivity index (χ3v) is 5.12. The van der Waals surface area contributed by atoms with E-state index in [2.05, 4.69) is 49.4 Å². The normalized spacial score (nSPS) is 20.6. The van der Waals surface area contributed by atoms with E-state index >= 15 is 0 Å². The van der Waals surface area contributed by atoms with Gasteiger partial charge < -0.3 is 10.6 Å². The molecule has 1 fully saturated rings. The van der Waals surface area contributed by atoms with Crippen LogP contribution in [0.4, 0.5) is 0 Å². The van der Waals surface area contributed by atoms with Crippen LogP contribution >= 0.6 is 35.3 Å². The topological polar surface area (TPSA) is 73.1 Å². The number of aliphatic imine (C=N–C) groups is 1. The van der Waals surface area contributed by atoms with Crippen LogP contribution in [0.15, 0.2) is 4.99 Å². The molecule has 2 N–H and O–H groups in total. The summed E-state index contributed by atoms with van der Waals surface area (Å²) in [6, 6.07) is 2.61. The number of hydrogen-bond donors (Lipinski definition) is 2. The molecule has 1 heterocycles. The van der Waals surface area contributed by atoms with Crippen molar-refractivity contribution in [1.82, 2.24) is 15.6 Å². The van der Waals surface area contributed by atoms with Crippen molar-refractivity contribution in [2.24, 2.45) is 10.9 Å². The lowest BCUT2D eigenvalue weighted by molar-refractivity contribution is 0.532. The smallest absolute Gasteiger partial charge is 0.191 e. The Morgan fingerprint density at radius 2 is 2.21 bits per heavy atom. The van der Waals surface area contributed by atoms with E-state index < -0.39 is 0 Å². The van der Waals surface area contributed by atoms with E-state index in [1.807, 2.05) is 0 Å². The molecule has 2 atom stereocenters. The van der Waals surface area contributed by atoms with Gasteiger partial charge >= 0.3 is 0 Å². The van der Waals surface area contributed by atoms with Gasteiger partial charge in [-0.1, -0.05) is 13.8 Å². The van der Waals surface area contributed by atoms with Crippen LogP contribution in [0.2, 0.25) is 0 Å². The molecule has 1 aliphatic carbocycles. The van der Waals surface area contributed by atoms with Crippen LogP contribution in [0.5, 0.6) is 0 Å². The van der Waals surface area contributed by atoms with Crippen molar-refractivity contribution in [3.63, 3.8) is 0 Å². The van der Waals surface area contributed by atoms with Crippen LogP contribution in [0.25, 0.3) is 0 Å². The van der Waals surface area contributed by atoms with Gasteiger partial charge in [0.05, 0.1) is 24.2 Å². The highest BCUT2D eigenvalue weighted by Crippen LogP contribution is 2.25. The van der Waals surface area contributed by atoms with Gasteiger partial charge in [0.15, 0.2) is 5.96 Å². The molecule has 24 heavy (non-hydrogen) atoms. The monoisotopic (exact) mass is 461 g/mol. The molecule has 0 bridgehead atoms. The second kappa shape index (κ2) is 10.2. The van der Waals surface area contributed by atoms with Crippen LogP contribution < -0.4 is 10.6 Å². The number of halogens is 1. The minimum absolute atomic E-state index is 0. The van der Waals surface area contributed by atoms with E-state index in [1.165, 1.54) is 10.6 Å². The molecule has 0 aliphatic heterocycles. The quantitative estimate of drug-likeness (QED) is 0.396. The summed E-state index contributed by atoms with van der Waals surface area (Å²) in [6.07, 6.45) is 3.13. The Labute approximate surface area is 166 Å². The van der Waals surface area contributed by atoms with Gasteiger partial charge in [0.25, 0.3) is 0 Å². The van der Waals surface area contributed by atoms with Gasteiger partial charge in [-0.05, 0) is 39.0 Å². The van der Waals surface area contributed by atoms with Gasteiger partial charge in [-0.3, -0.25) is 0 Å². The fourth-order valence-electron chi connectivity index (χ4n) is 3.00. The lowest BCUT2D eigenvalue weighted by Crippen LogP contribution is -2.44. The lowest BCUT2D eigenvalue weighted by atomic mass is 10.1. The second-order valence-corrected chi connectivity index (χ2v) is 7.60. The van der Waals surface area contributed by atoms with Crippen molar-refractivity contribution in [2.75, 3.05) is 6.54 Å². The van der Waals surface area contributed by atoms with Gasteiger partial charge in [0, 0.05) is 17.5 Å². The highest BCUT2D eigenvalue weighted by molar-refractivity contribution is 14.0. The molecular formula is C17H28IN5S. The molecule has 0 saturated heterocycles. The standard InChI is InChI=1S/C17H27N5S.HI/c1-5-19-17(21-14-8-6-7-13(14)9-18)20-10-15-22-16(11(2)3)12(4)23-15;/h11,13-14H,5-8,10H2,1-4H3,(H2,19,20,21);1H. The molecule has 5 nitrogen and oxygen atoms in total. The molecule has 2 unspecified atom stereocenters. The molecule has 134 valence electrons. The zero-order valence-corrected chi connectivity index (χ0v) is 18.1. The van der Waals surface area contributed by atoms with Crippen LogP contribution in [0.1, 0.15) is 61.5 Å². The van der Waals surface area contributed by atoms with E-state index in [0.29, 0.717) is 12.5 Å². The number of aryl methyl sites for hydroxylation is 1. The zero-order chi connectivity index (χ0) is 16.8. The molecule has 1 aromatic rings. The van der Waals surface area contributed by atoms with Crippen LogP contribution in [-0.2, 0) is 6.54 Å². The SMILES string of the molecule is CCNC(=NCc1nc(C(C)C)c(C)s1)NC1CCCC1C#N.I. The Morgan fingerprint density at radius 1 is 1.46 bits per heavy atom. The summed E-state index contributed by atoms with van der Waals surface area (Å²) >= 11 is 1.72. The molecule has 1 saturated carbocycles. The zero-order valence-electron chi connectivity index (χ0n) is 14.9. The third-order valence-electron chi connectivity index (χ3n) is 4.14. The Bertz CT molecular complexity index is 590. The van der Waals surface area contributed by atoms with Crippen LogP contribution in [0.3, 0.4) is 0 Å². The Morgan fingerprint density at radius 3 is 2.79 bits per heavy atom. The van der Waals surface area contributed by atoms with Crippen LogP contribution in [0, 0.1) is 24.2 Å². The first-order valence-corrected chi connectivity index (χ1v) is 9.27. The summed E-state index contributed by atoms with van der Waals surface area (Å²) in [5.74, 6) is 1.33. The average Bonchev–Trinajstić information content (AvgIpc) is 3.11. The average molecular weight is 461 g/mol. The van der Waals surface area contributed by atoms with Crippen molar-refractivity contribution in [2.45, 2.75) is 65.5 Å². The number of rotatable bonds is 5. The second-order valence-electron chi connectivity index (χ2n) is 6.32. The summed E-state index contributed by atoms with van der Waals surface area (Å²) in [5, 5.41) is 17.0. The number of hydrogen-bond acceptors (Lipinski definition) is 4. The summed E-state index contributed by atoms with van der Waals surface area (Å²) < 4.78 is 0. The van der Waals surface area contributed by atoms with Gasteiger partial charge in [-0.25, -0.2) is 9.98 Å². The Kier molecular flexibility index (Phi) is 8.98. The van der Waals surface area contributed by atoms with E-state index in [0.717, 1.165) is 36.8 Å². The molecule has 1 aromatic heterocycles. The van der Waals surface area contributed by atoms with E-state index in [4.69, 9.17) is 4.98 Å². The van der Waals surface area contributed by atoms with Gasteiger partial charge in [0.2, 0.25) is 0 Å². The molecule has 1 aliphatic rings. The number of guanidine groups is 1. The van der Waals surface area contributed by atoms with E-state index in [1.54, 1.807) is 11.3 Å². The number of thiazole rings is 1. The van der Waals surface area contributed by atoms with Crippen molar-refractivity contribution in [1.29, 1.82) is 5.26 Å². The number of nitriles is 1. The lowest BCUT2D eigenvalue weighted by Gasteiger charge is -2.19. The molecule has 0 amide bonds. The molecular weight excluding hydrogens is 433 g/mol. The first-order chi connectivity index (χ1) is 11.0. The fourth-order valence-corrected chi connectivity index (χ4v) is 4.01. The van der Waals surface area contributed by atoms with E-state index in [-0.39, 0.29) is 35.9 Å². The summed E-state index contributed by atoms with van der Waals surface area (Å²) in [7, 11) is 0. The highest BCUT2D eigenvalue weighted by atomic mass is 127. The largest absolute Gasteiger partial charge is 0.357 e. The minimum atomic E-state index is 0. The number of aromatic nitrogens is 1. The first kappa shape index (κ1) is 21.2. The summed E-state index contributed by atoms with van der Waals surface area (Å²) in [6.45, 7) is 9.91. The maximum Gasteiger partial charge on any atom is 0.191 e. The van der Waals surface area contributed by atoms with Crippen molar-refractivity contribution in [3.8, 4) is 6.07 Å². The maximum atomic E-state index is 9.21. The fraction of sp³-hybridized carbons (Fsp3) is 0.706. The van der Waals surface area contributed by atoms with Gasteiger partial charge in [-0.2, -0.15) is 5.26 Å².